The van der Waals surface area contributed by atoms with Gasteiger partial charge in [0, 0.05) is 10.0 Å². The minimum Gasteiger partial charge on any atom is -0.495 e. The topological polar surface area (TPSA) is 75.6 Å². The summed E-state index contributed by atoms with van der Waals surface area (Å²) in [6, 6.07) is 9.07. The van der Waals surface area contributed by atoms with Crippen molar-refractivity contribution in [3.63, 3.8) is 0 Å². The molecule has 0 saturated heterocycles. The third-order valence-corrected chi connectivity index (χ3v) is 3.67. The fourth-order valence-corrected chi connectivity index (χ4v) is 2.45. The molecule has 0 unspecified atom stereocenters. The number of carbonyl (C=O) groups is 2. The van der Waals surface area contributed by atoms with Gasteiger partial charge in [0.1, 0.15) is 5.75 Å². The van der Waals surface area contributed by atoms with Crippen LogP contribution in [0, 0.1) is 0 Å². The highest BCUT2D eigenvalue weighted by Crippen LogP contribution is 2.26. The number of benzene rings is 2. The number of amides is 1. The third-order valence-electron chi connectivity index (χ3n) is 3.09. The van der Waals surface area contributed by atoms with Crippen LogP contribution in [0.3, 0.4) is 0 Å². The molecule has 5 nitrogen and oxygen atoms in total. The van der Waals surface area contributed by atoms with E-state index in [9.17, 15) is 9.59 Å². The van der Waals surface area contributed by atoms with E-state index in [0.717, 1.165) is 0 Å². The highest BCUT2D eigenvalue weighted by atomic mass is 35.5. The molecule has 0 aliphatic carbocycles. The quantitative estimate of drug-likeness (QED) is 0.854. The van der Waals surface area contributed by atoms with Crippen LogP contribution >= 0.6 is 23.2 Å². The molecule has 0 bridgehead atoms. The van der Waals surface area contributed by atoms with Crippen molar-refractivity contribution in [3.8, 4) is 5.75 Å². The zero-order valence-corrected chi connectivity index (χ0v) is 13.6. The van der Waals surface area contributed by atoms with Gasteiger partial charge in [-0.05, 0) is 35.9 Å². The van der Waals surface area contributed by atoms with Crippen LogP contribution in [-0.4, -0.2) is 24.1 Å². The number of hydrogen-bond donors (Lipinski definition) is 2. The van der Waals surface area contributed by atoms with Gasteiger partial charge in [-0.1, -0.05) is 29.3 Å². The first-order chi connectivity index (χ1) is 10.9. The maximum absolute atomic E-state index is 12.2. The van der Waals surface area contributed by atoms with Crippen LogP contribution in [0.25, 0.3) is 0 Å². The molecule has 0 aromatic heterocycles. The maximum atomic E-state index is 12.2. The Morgan fingerprint density at radius 3 is 2.52 bits per heavy atom. The highest BCUT2D eigenvalue weighted by molar-refractivity contribution is 6.35. The van der Waals surface area contributed by atoms with Gasteiger partial charge in [-0.15, -0.1) is 0 Å². The summed E-state index contributed by atoms with van der Waals surface area (Å²) in [7, 11) is 1.43. The number of rotatable bonds is 5. The van der Waals surface area contributed by atoms with Crippen LogP contribution in [0.15, 0.2) is 36.4 Å². The predicted molar refractivity (Wildman–Crippen MR) is 88.7 cm³/mol. The van der Waals surface area contributed by atoms with Gasteiger partial charge < -0.3 is 15.2 Å². The molecule has 0 fully saturated rings. The number of carbonyl (C=O) groups excluding carboxylic acids is 1. The van der Waals surface area contributed by atoms with Crippen molar-refractivity contribution >= 4 is 40.8 Å². The molecule has 0 saturated carbocycles. The van der Waals surface area contributed by atoms with Crippen molar-refractivity contribution < 1.29 is 19.4 Å². The van der Waals surface area contributed by atoms with Gasteiger partial charge in [-0.2, -0.15) is 0 Å². The number of anilines is 1. The second-order valence-electron chi connectivity index (χ2n) is 4.68. The SMILES string of the molecule is COc1ccc(C(=O)O)cc1NC(=O)Cc1ccc(Cl)cc1Cl. The lowest BCUT2D eigenvalue weighted by Gasteiger charge is -2.11. The van der Waals surface area contributed by atoms with E-state index in [1.54, 1.807) is 18.2 Å². The number of ether oxygens (including phenoxy) is 1. The predicted octanol–water partition coefficient (Wildman–Crippen LogP) is 3.88. The van der Waals surface area contributed by atoms with Gasteiger partial charge in [0.25, 0.3) is 0 Å². The lowest BCUT2D eigenvalue weighted by atomic mass is 10.1. The van der Waals surface area contributed by atoms with E-state index in [1.165, 1.54) is 25.3 Å². The van der Waals surface area contributed by atoms with Crippen molar-refractivity contribution in [2.75, 3.05) is 12.4 Å². The number of carboxylic acids is 1. The maximum Gasteiger partial charge on any atom is 0.335 e. The summed E-state index contributed by atoms with van der Waals surface area (Å²) < 4.78 is 5.12. The second-order valence-corrected chi connectivity index (χ2v) is 5.52. The van der Waals surface area contributed by atoms with Gasteiger partial charge >= 0.3 is 5.97 Å². The molecule has 0 radical (unpaired) electrons. The Bertz CT molecular complexity index is 762. The Labute approximate surface area is 142 Å². The van der Waals surface area contributed by atoms with E-state index in [4.69, 9.17) is 33.0 Å². The van der Waals surface area contributed by atoms with Crippen molar-refractivity contribution in [3.05, 3.63) is 57.6 Å². The number of halogens is 2. The van der Waals surface area contributed by atoms with E-state index in [1.807, 2.05) is 0 Å². The molecule has 0 aliphatic rings. The molecule has 0 heterocycles. The minimum atomic E-state index is -1.09. The fourth-order valence-electron chi connectivity index (χ4n) is 1.97. The summed E-state index contributed by atoms with van der Waals surface area (Å²) >= 11 is 11.8. The molecule has 1 amide bonds. The summed E-state index contributed by atoms with van der Waals surface area (Å²) in [5, 5.41) is 12.5. The molecule has 0 aliphatic heterocycles. The first-order valence-corrected chi connectivity index (χ1v) is 7.31. The average Bonchev–Trinajstić information content (AvgIpc) is 2.50. The number of nitrogens with one attached hydrogen (secondary N) is 1. The molecule has 2 aromatic carbocycles. The van der Waals surface area contributed by atoms with Crippen LogP contribution in [0.1, 0.15) is 15.9 Å². The van der Waals surface area contributed by atoms with E-state index >= 15 is 0 Å². The zero-order valence-electron chi connectivity index (χ0n) is 12.1. The van der Waals surface area contributed by atoms with Crippen molar-refractivity contribution in [2.24, 2.45) is 0 Å². The second kappa shape index (κ2) is 7.35. The van der Waals surface area contributed by atoms with Crippen LogP contribution in [0.5, 0.6) is 5.75 Å². The summed E-state index contributed by atoms with van der Waals surface area (Å²) in [5.74, 6) is -1.08. The van der Waals surface area contributed by atoms with Crippen LogP contribution in [0.4, 0.5) is 5.69 Å². The van der Waals surface area contributed by atoms with Crippen molar-refractivity contribution in [2.45, 2.75) is 6.42 Å². The number of aromatic carboxylic acids is 1. The Hall–Kier alpha value is -2.24. The number of carboxylic acid groups (broad SMARTS) is 1. The summed E-state index contributed by atoms with van der Waals surface area (Å²) in [6.45, 7) is 0. The Morgan fingerprint density at radius 2 is 1.91 bits per heavy atom. The van der Waals surface area contributed by atoms with Gasteiger partial charge in [0.15, 0.2) is 0 Å². The van der Waals surface area contributed by atoms with E-state index < -0.39 is 5.97 Å². The molecule has 2 aromatic rings. The smallest absolute Gasteiger partial charge is 0.335 e. The summed E-state index contributed by atoms with van der Waals surface area (Å²) in [4.78, 5) is 23.2. The van der Waals surface area contributed by atoms with E-state index in [0.29, 0.717) is 21.4 Å². The largest absolute Gasteiger partial charge is 0.495 e. The summed E-state index contributed by atoms with van der Waals surface area (Å²) in [5.41, 5.74) is 0.940. The molecular formula is C16H13Cl2NO4. The van der Waals surface area contributed by atoms with Crippen LogP contribution in [0.2, 0.25) is 10.0 Å². The fraction of sp³-hybridized carbons (Fsp3) is 0.125. The minimum absolute atomic E-state index is 0.0243. The Morgan fingerprint density at radius 1 is 1.17 bits per heavy atom. The highest BCUT2D eigenvalue weighted by Gasteiger charge is 2.13. The van der Waals surface area contributed by atoms with Gasteiger partial charge in [-0.3, -0.25) is 4.79 Å². The van der Waals surface area contributed by atoms with Gasteiger partial charge in [-0.25, -0.2) is 4.79 Å². The number of hydrogen-bond acceptors (Lipinski definition) is 3. The Balaban J connectivity index is 2.19. The molecule has 0 atom stereocenters. The number of methoxy groups -OCH3 is 1. The third kappa shape index (κ3) is 4.37. The standard InChI is InChI=1S/C16H13Cl2NO4/c1-23-14-5-3-10(16(21)22)6-13(14)19-15(20)7-9-2-4-11(17)8-12(9)18/h2-6,8H,7H2,1H3,(H,19,20)(H,21,22). The lowest BCUT2D eigenvalue weighted by Crippen LogP contribution is -2.15. The lowest BCUT2D eigenvalue weighted by molar-refractivity contribution is -0.115. The first kappa shape index (κ1) is 17.1. The first-order valence-electron chi connectivity index (χ1n) is 6.56. The zero-order chi connectivity index (χ0) is 17.0. The monoisotopic (exact) mass is 353 g/mol. The van der Waals surface area contributed by atoms with Crippen molar-refractivity contribution in [1.82, 2.24) is 0 Å². The van der Waals surface area contributed by atoms with Crippen LogP contribution < -0.4 is 10.1 Å². The molecule has 120 valence electrons. The van der Waals surface area contributed by atoms with E-state index in [2.05, 4.69) is 5.32 Å². The Kier molecular flexibility index (Phi) is 5.47. The molecule has 2 N–H and O–H groups in total. The molecule has 23 heavy (non-hydrogen) atoms. The van der Waals surface area contributed by atoms with Crippen LogP contribution in [-0.2, 0) is 11.2 Å². The average molecular weight is 354 g/mol. The van der Waals surface area contributed by atoms with Gasteiger partial charge in [0.2, 0.25) is 5.91 Å². The molecule has 7 heteroatoms. The molecule has 2 rings (SSSR count). The normalized spacial score (nSPS) is 10.2. The summed E-state index contributed by atoms with van der Waals surface area (Å²) in [6.07, 6.45) is 0.0243. The van der Waals surface area contributed by atoms with E-state index in [-0.39, 0.29) is 23.6 Å². The molecule has 0 spiro atoms. The van der Waals surface area contributed by atoms with Crippen molar-refractivity contribution in [1.29, 1.82) is 0 Å². The molecular weight excluding hydrogens is 341 g/mol. The van der Waals surface area contributed by atoms with Gasteiger partial charge in [0.05, 0.1) is 24.8 Å².